The minimum atomic E-state index is 0.253. The van der Waals surface area contributed by atoms with E-state index in [0.29, 0.717) is 0 Å². The summed E-state index contributed by atoms with van der Waals surface area (Å²) in [5.41, 5.74) is 2.11. The number of methoxy groups -OCH3 is 1. The number of imidazole rings is 1. The molecule has 1 unspecified atom stereocenters. The van der Waals surface area contributed by atoms with Gasteiger partial charge in [0.25, 0.3) is 0 Å². The van der Waals surface area contributed by atoms with Gasteiger partial charge in [0.05, 0.1) is 24.2 Å². The fraction of sp³-hybridized carbons (Fsp3) is 0.462. The number of nitrogens with one attached hydrogen (secondary N) is 1. The van der Waals surface area contributed by atoms with Crippen LogP contribution in [0.4, 0.5) is 0 Å². The molecule has 0 spiro atoms. The van der Waals surface area contributed by atoms with E-state index in [1.165, 1.54) is 0 Å². The Hall–Kier alpha value is -1.55. The molecule has 0 bridgehead atoms. The summed E-state index contributed by atoms with van der Waals surface area (Å²) in [6.45, 7) is 5.16. The van der Waals surface area contributed by atoms with Crippen molar-refractivity contribution in [1.82, 2.24) is 14.9 Å². The van der Waals surface area contributed by atoms with Crippen LogP contribution in [0.5, 0.6) is 5.75 Å². The maximum absolute atomic E-state index is 5.21. The Morgan fingerprint density at radius 3 is 2.88 bits per heavy atom. The average Bonchev–Trinajstić information content (AvgIpc) is 2.66. The maximum atomic E-state index is 5.21. The largest absolute Gasteiger partial charge is 0.497 e. The van der Waals surface area contributed by atoms with Gasteiger partial charge in [-0.15, -0.1) is 0 Å². The highest BCUT2D eigenvalue weighted by Gasteiger charge is 2.13. The third kappa shape index (κ3) is 2.13. The number of aryl methyl sites for hydroxylation is 1. The van der Waals surface area contributed by atoms with Crippen molar-refractivity contribution in [2.45, 2.75) is 19.9 Å². The highest BCUT2D eigenvalue weighted by atomic mass is 16.5. The lowest BCUT2D eigenvalue weighted by Crippen LogP contribution is -2.20. The van der Waals surface area contributed by atoms with E-state index in [2.05, 4.69) is 28.7 Å². The molecule has 0 aliphatic rings. The average molecular weight is 233 g/mol. The fourth-order valence-electron chi connectivity index (χ4n) is 2.11. The number of nitrogens with zero attached hydrogens (tertiary/aromatic N) is 2. The molecule has 1 aromatic carbocycles. The van der Waals surface area contributed by atoms with Crippen molar-refractivity contribution >= 4 is 11.0 Å². The SMILES string of the molecule is CCNC(C)c1nc2cc(OC)ccc2n1C. The second kappa shape index (κ2) is 4.75. The molecule has 0 aliphatic heterocycles. The number of hydrogen-bond acceptors (Lipinski definition) is 3. The molecule has 1 N–H and O–H groups in total. The molecule has 0 amide bonds. The Labute approximate surface area is 102 Å². The third-order valence-electron chi connectivity index (χ3n) is 3.02. The van der Waals surface area contributed by atoms with E-state index in [1.54, 1.807) is 7.11 Å². The fourth-order valence-corrected chi connectivity index (χ4v) is 2.11. The number of hydrogen-bond donors (Lipinski definition) is 1. The summed E-state index contributed by atoms with van der Waals surface area (Å²) in [7, 11) is 3.72. The molecule has 4 heteroatoms. The Morgan fingerprint density at radius 2 is 2.24 bits per heavy atom. The van der Waals surface area contributed by atoms with Crippen molar-refractivity contribution in [1.29, 1.82) is 0 Å². The van der Waals surface area contributed by atoms with E-state index >= 15 is 0 Å². The first-order valence-corrected chi connectivity index (χ1v) is 5.91. The molecule has 17 heavy (non-hydrogen) atoms. The maximum Gasteiger partial charge on any atom is 0.126 e. The first-order chi connectivity index (χ1) is 8.17. The quantitative estimate of drug-likeness (QED) is 0.880. The number of ether oxygens (including phenoxy) is 1. The van der Waals surface area contributed by atoms with Gasteiger partial charge in [-0.3, -0.25) is 0 Å². The molecule has 2 aromatic rings. The molecule has 0 aliphatic carbocycles. The van der Waals surface area contributed by atoms with Crippen molar-refractivity contribution in [3.63, 3.8) is 0 Å². The van der Waals surface area contributed by atoms with E-state index in [4.69, 9.17) is 4.74 Å². The highest BCUT2D eigenvalue weighted by molar-refractivity contribution is 5.77. The van der Waals surface area contributed by atoms with Crippen molar-refractivity contribution in [2.75, 3.05) is 13.7 Å². The predicted octanol–water partition coefficient (Wildman–Crippen LogP) is 2.25. The lowest BCUT2D eigenvalue weighted by Gasteiger charge is -2.11. The normalized spacial score (nSPS) is 12.9. The highest BCUT2D eigenvalue weighted by Crippen LogP contribution is 2.23. The van der Waals surface area contributed by atoms with Crippen molar-refractivity contribution < 1.29 is 4.74 Å². The predicted molar refractivity (Wildman–Crippen MR) is 69.4 cm³/mol. The molecule has 92 valence electrons. The van der Waals surface area contributed by atoms with Crippen LogP contribution in [0, 0.1) is 0 Å². The molecule has 1 atom stereocenters. The Balaban J connectivity index is 2.48. The number of aromatic nitrogens is 2. The second-order valence-corrected chi connectivity index (χ2v) is 4.16. The number of benzene rings is 1. The van der Waals surface area contributed by atoms with Crippen LogP contribution < -0.4 is 10.1 Å². The monoisotopic (exact) mass is 233 g/mol. The Morgan fingerprint density at radius 1 is 1.47 bits per heavy atom. The van der Waals surface area contributed by atoms with Gasteiger partial charge in [-0.25, -0.2) is 4.98 Å². The van der Waals surface area contributed by atoms with E-state index in [0.717, 1.165) is 29.2 Å². The molecule has 2 rings (SSSR count). The van der Waals surface area contributed by atoms with Gasteiger partial charge in [-0.2, -0.15) is 0 Å². The van der Waals surface area contributed by atoms with Crippen LogP contribution in [0.25, 0.3) is 11.0 Å². The molecular formula is C13H19N3O. The van der Waals surface area contributed by atoms with Crippen molar-refractivity contribution in [3.8, 4) is 5.75 Å². The van der Waals surface area contributed by atoms with Crippen LogP contribution in [0.2, 0.25) is 0 Å². The second-order valence-electron chi connectivity index (χ2n) is 4.16. The summed E-state index contributed by atoms with van der Waals surface area (Å²) in [5, 5.41) is 3.38. The van der Waals surface area contributed by atoms with Crippen LogP contribution in [-0.4, -0.2) is 23.2 Å². The molecule has 1 aromatic heterocycles. The minimum Gasteiger partial charge on any atom is -0.497 e. The standard InChI is InChI=1S/C13H19N3O/c1-5-14-9(2)13-15-11-8-10(17-4)6-7-12(11)16(13)3/h6-9,14H,5H2,1-4H3. The molecule has 0 saturated carbocycles. The third-order valence-corrected chi connectivity index (χ3v) is 3.02. The van der Waals surface area contributed by atoms with Crippen molar-refractivity contribution in [3.05, 3.63) is 24.0 Å². The number of fused-ring (bicyclic) bond motifs is 1. The van der Waals surface area contributed by atoms with E-state index in [9.17, 15) is 0 Å². The van der Waals surface area contributed by atoms with Gasteiger partial charge in [-0.1, -0.05) is 6.92 Å². The van der Waals surface area contributed by atoms with Crippen LogP contribution in [0.1, 0.15) is 25.7 Å². The van der Waals surface area contributed by atoms with Crippen molar-refractivity contribution in [2.24, 2.45) is 7.05 Å². The zero-order valence-corrected chi connectivity index (χ0v) is 10.8. The van der Waals surface area contributed by atoms with Gasteiger partial charge in [0.15, 0.2) is 0 Å². The number of rotatable bonds is 4. The van der Waals surface area contributed by atoms with Crippen LogP contribution in [0.15, 0.2) is 18.2 Å². The van der Waals surface area contributed by atoms with Crippen LogP contribution >= 0.6 is 0 Å². The van der Waals surface area contributed by atoms with Crippen LogP contribution in [-0.2, 0) is 7.05 Å². The smallest absolute Gasteiger partial charge is 0.126 e. The summed E-state index contributed by atoms with van der Waals surface area (Å²) in [6, 6.07) is 6.23. The summed E-state index contributed by atoms with van der Waals surface area (Å²) in [4.78, 5) is 4.66. The van der Waals surface area contributed by atoms with Gasteiger partial charge >= 0.3 is 0 Å². The molecule has 4 nitrogen and oxygen atoms in total. The first kappa shape index (κ1) is 11.9. The molecule has 1 heterocycles. The molecular weight excluding hydrogens is 214 g/mol. The van der Waals surface area contributed by atoms with Gasteiger partial charge in [0.2, 0.25) is 0 Å². The lowest BCUT2D eigenvalue weighted by molar-refractivity contribution is 0.415. The van der Waals surface area contributed by atoms with E-state index in [1.807, 2.05) is 25.2 Å². The van der Waals surface area contributed by atoms with E-state index < -0.39 is 0 Å². The summed E-state index contributed by atoms with van der Waals surface area (Å²) in [5.74, 6) is 1.90. The molecule has 0 saturated heterocycles. The van der Waals surface area contributed by atoms with E-state index in [-0.39, 0.29) is 6.04 Å². The van der Waals surface area contributed by atoms with Crippen LogP contribution in [0.3, 0.4) is 0 Å². The van der Waals surface area contributed by atoms with Gasteiger partial charge < -0.3 is 14.6 Å². The molecule has 0 radical (unpaired) electrons. The zero-order valence-electron chi connectivity index (χ0n) is 10.8. The van der Waals surface area contributed by atoms with Gasteiger partial charge in [0.1, 0.15) is 11.6 Å². The minimum absolute atomic E-state index is 0.253. The molecule has 0 fully saturated rings. The summed E-state index contributed by atoms with van der Waals surface area (Å²) < 4.78 is 7.34. The Bertz CT molecular complexity index is 519. The Kier molecular flexibility index (Phi) is 3.33. The van der Waals surface area contributed by atoms with Gasteiger partial charge in [-0.05, 0) is 25.6 Å². The topological polar surface area (TPSA) is 39.1 Å². The summed E-state index contributed by atoms with van der Waals surface area (Å²) >= 11 is 0. The lowest BCUT2D eigenvalue weighted by atomic mass is 10.3. The first-order valence-electron chi connectivity index (χ1n) is 5.91. The summed E-state index contributed by atoms with van der Waals surface area (Å²) in [6.07, 6.45) is 0. The zero-order chi connectivity index (χ0) is 12.4. The van der Waals surface area contributed by atoms with Gasteiger partial charge in [0, 0.05) is 13.1 Å².